The van der Waals surface area contributed by atoms with Gasteiger partial charge in [-0.05, 0) is 63.4 Å². The van der Waals surface area contributed by atoms with Crippen molar-refractivity contribution in [3.8, 4) is 11.5 Å². The molecule has 0 radical (unpaired) electrons. The average Bonchev–Trinajstić information content (AvgIpc) is 2.84. The molecule has 2 aromatic rings. The van der Waals surface area contributed by atoms with Crippen molar-refractivity contribution in [2.75, 3.05) is 32.2 Å². The minimum Gasteiger partial charge on any atom is -0.493 e. The smallest absolute Gasteiger partial charge is 0.329 e. The largest absolute Gasteiger partial charge is 0.493 e. The van der Waals surface area contributed by atoms with E-state index in [0.717, 1.165) is 11.1 Å². The number of aryl methyl sites for hydroxylation is 2. The molecule has 37 heavy (non-hydrogen) atoms. The van der Waals surface area contributed by atoms with E-state index in [1.807, 2.05) is 45.9 Å². The Morgan fingerprint density at radius 2 is 1.86 bits per heavy atom. The van der Waals surface area contributed by atoms with Gasteiger partial charge in [0.2, 0.25) is 0 Å². The minimum atomic E-state index is -0.908. The summed E-state index contributed by atoms with van der Waals surface area (Å²) in [5.41, 5.74) is 5.35. The van der Waals surface area contributed by atoms with Crippen LogP contribution >= 0.6 is 11.6 Å². The number of ether oxygens (including phenoxy) is 3. The van der Waals surface area contributed by atoms with Gasteiger partial charge in [-0.2, -0.15) is 5.10 Å². The molecule has 0 aliphatic heterocycles. The molecule has 0 aliphatic carbocycles. The number of amides is 3. The van der Waals surface area contributed by atoms with Gasteiger partial charge in [0.25, 0.3) is 5.91 Å². The number of hydrogen-bond acceptors (Lipinski definition) is 7. The van der Waals surface area contributed by atoms with Crippen LogP contribution in [-0.2, 0) is 19.1 Å². The number of hydrazone groups is 1. The Kier molecular flexibility index (Phi) is 11.9. The molecule has 0 atom stereocenters. The molecule has 11 heteroatoms. The lowest BCUT2D eigenvalue weighted by Gasteiger charge is -2.14. The Morgan fingerprint density at radius 1 is 1.11 bits per heavy atom. The van der Waals surface area contributed by atoms with Gasteiger partial charge in [-0.3, -0.25) is 14.4 Å². The summed E-state index contributed by atoms with van der Waals surface area (Å²) >= 11 is 6.33. The zero-order valence-corrected chi connectivity index (χ0v) is 22.4. The van der Waals surface area contributed by atoms with Crippen molar-refractivity contribution < 1.29 is 28.6 Å². The zero-order valence-electron chi connectivity index (χ0n) is 21.6. The first-order valence-electron chi connectivity index (χ1n) is 11.7. The molecule has 0 spiro atoms. The second-order valence-electron chi connectivity index (χ2n) is 8.42. The second kappa shape index (κ2) is 14.8. The first-order valence-corrected chi connectivity index (χ1v) is 12.1. The lowest BCUT2D eigenvalue weighted by molar-refractivity contribution is -0.139. The lowest BCUT2D eigenvalue weighted by Crippen LogP contribution is -2.38. The normalized spacial score (nSPS) is 10.9. The molecule has 3 N–H and O–H groups in total. The molecule has 10 nitrogen and oxygen atoms in total. The van der Waals surface area contributed by atoms with Crippen LogP contribution < -0.4 is 25.5 Å². The summed E-state index contributed by atoms with van der Waals surface area (Å²) in [6.45, 7) is 8.22. The number of nitrogens with one attached hydrogen (secondary N) is 3. The van der Waals surface area contributed by atoms with E-state index in [-0.39, 0.29) is 35.1 Å². The van der Waals surface area contributed by atoms with E-state index in [2.05, 4.69) is 21.2 Å². The number of hydrogen-bond donors (Lipinski definition) is 3. The van der Waals surface area contributed by atoms with Crippen LogP contribution in [0.5, 0.6) is 11.5 Å². The molecular weight excluding hydrogens is 500 g/mol. The molecule has 0 saturated carbocycles. The molecule has 0 aromatic heterocycles. The molecule has 3 amide bonds. The van der Waals surface area contributed by atoms with Crippen molar-refractivity contribution in [3.05, 3.63) is 52.0 Å². The maximum Gasteiger partial charge on any atom is 0.329 e. The Hall–Kier alpha value is -3.63. The van der Waals surface area contributed by atoms with Gasteiger partial charge in [0, 0.05) is 18.8 Å². The van der Waals surface area contributed by atoms with Crippen LogP contribution in [0.15, 0.2) is 35.4 Å². The monoisotopic (exact) mass is 532 g/mol. The van der Waals surface area contributed by atoms with Gasteiger partial charge >= 0.3 is 11.8 Å². The first kappa shape index (κ1) is 29.6. The Balaban J connectivity index is 1.90. The Labute approximate surface area is 221 Å². The van der Waals surface area contributed by atoms with Crippen LogP contribution in [0.25, 0.3) is 0 Å². The average molecular weight is 533 g/mol. The summed E-state index contributed by atoms with van der Waals surface area (Å²) in [7, 11) is 1.42. The van der Waals surface area contributed by atoms with Gasteiger partial charge in [0.05, 0.1) is 24.5 Å². The van der Waals surface area contributed by atoms with E-state index < -0.39 is 11.8 Å². The molecule has 0 unspecified atom stereocenters. The number of methoxy groups -OCH3 is 1. The summed E-state index contributed by atoms with van der Waals surface area (Å²) in [6.07, 6.45) is 1.99. The predicted molar refractivity (Wildman–Crippen MR) is 142 cm³/mol. The number of anilines is 1. The topological polar surface area (TPSA) is 127 Å². The van der Waals surface area contributed by atoms with Gasteiger partial charge in [-0.25, -0.2) is 5.43 Å². The minimum absolute atomic E-state index is 0.106. The highest BCUT2D eigenvalue weighted by Gasteiger charge is 2.15. The highest BCUT2D eigenvalue weighted by molar-refractivity contribution is 6.35. The number of carbonyl (C=O) groups excluding carboxylic acids is 3. The first-order chi connectivity index (χ1) is 17.6. The van der Waals surface area contributed by atoms with Crippen molar-refractivity contribution in [2.24, 2.45) is 5.10 Å². The number of carbonyl (C=O) groups is 3. The van der Waals surface area contributed by atoms with Crippen molar-refractivity contribution >= 4 is 41.2 Å². The Bertz CT molecular complexity index is 1140. The lowest BCUT2D eigenvalue weighted by atomic mass is 10.1. The maximum atomic E-state index is 12.4. The van der Waals surface area contributed by atoms with E-state index in [0.29, 0.717) is 30.8 Å². The van der Waals surface area contributed by atoms with Crippen LogP contribution in [0.2, 0.25) is 5.02 Å². The van der Waals surface area contributed by atoms with Crippen LogP contribution in [0, 0.1) is 13.8 Å². The number of nitrogens with zero attached hydrogens (tertiary/aromatic N) is 1. The third kappa shape index (κ3) is 10.1. The third-order valence-electron chi connectivity index (χ3n) is 4.90. The molecular formula is C26H33ClN4O6. The fraction of sp³-hybridized carbons (Fsp3) is 0.385. The van der Waals surface area contributed by atoms with Gasteiger partial charge in [-0.1, -0.05) is 29.3 Å². The number of halogens is 1. The summed E-state index contributed by atoms with van der Waals surface area (Å²) < 4.78 is 16.3. The van der Waals surface area contributed by atoms with Crippen molar-refractivity contribution in [1.82, 2.24) is 10.7 Å². The van der Waals surface area contributed by atoms with Crippen LogP contribution in [0.1, 0.15) is 37.0 Å². The van der Waals surface area contributed by atoms with Crippen molar-refractivity contribution in [3.63, 3.8) is 0 Å². The molecule has 200 valence electrons. The van der Waals surface area contributed by atoms with E-state index in [1.54, 1.807) is 6.07 Å². The maximum absolute atomic E-state index is 12.4. The Morgan fingerprint density at radius 3 is 2.54 bits per heavy atom. The fourth-order valence-corrected chi connectivity index (χ4v) is 3.40. The van der Waals surface area contributed by atoms with Crippen LogP contribution in [0.3, 0.4) is 0 Å². The molecule has 0 fully saturated rings. The summed E-state index contributed by atoms with van der Waals surface area (Å²) in [5, 5.41) is 9.24. The van der Waals surface area contributed by atoms with Crippen molar-refractivity contribution in [2.45, 2.75) is 40.2 Å². The molecule has 0 aliphatic rings. The standard InChI is InChI=1S/C26H33ClN4O6/c1-16(2)36-10-6-9-28-25(33)26(34)31-29-14-19-12-20(27)24(22(13-19)35-5)37-15-23(32)30-21-8-7-17(3)11-18(21)4/h7-8,11-14,16H,6,9-10,15H2,1-5H3,(H,28,33)(H,30,32)(H,31,34)/b29-14-. The van der Waals surface area contributed by atoms with Gasteiger partial charge < -0.3 is 24.8 Å². The highest BCUT2D eigenvalue weighted by Crippen LogP contribution is 2.36. The molecule has 2 rings (SSSR count). The molecule has 0 saturated heterocycles. The third-order valence-corrected chi connectivity index (χ3v) is 5.18. The zero-order chi connectivity index (χ0) is 27.4. The second-order valence-corrected chi connectivity index (χ2v) is 8.82. The fourth-order valence-electron chi connectivity index (χ4n) is 3.12. The van der Waals surface area contributed by atoms with E-state index >= 15 is 0 Å². The molecule has 0 heterocycles. The molecule has 0 bridgehead atoms. The van der Waals surface area contributed by atoms with E-state index in [4.69, 9.17) is 25.8 Å². The quantitative estimate of drug-likeness (QED) is 0.166. The van der Waals surface area contributed by atoms with Crippen LogP contribution in [0.4, 0.5) is 5.69 Å². The summed E-state index contributed by atoms with van der Waals surface area (Å²) in [5.74, 6) is -1.62. The summed E-state index contributed by atoms with van der Waals surface area (Å²) in [4.78, 5) is 36.1. The number of benzene rings is 2. The highest BCUT2D eigenvalue weighted by atomic mass is 35.5. The SMILES string of the molecule is COc1cc(/C=N\NC(=O)C(=O)NCCCOC(C)C)cc(Cl)c1OCC(=O)Nc1ccc(C)cc1C. The van der Waals surface area contributed by atoms with E-state index in [1.165, 1.54) is 19.4 Å². The van der Waals surface area contributed by atoms with Gasteiger partial charge in [0.1, 0.15) is 0 Å². The van der Waals surface area contributed by atoms with Gasteiger partial charge in [0.15, 0.2) is 18.1 Å². The van der Waals surface area contributed by atoms with Crippen LogP contribution in [-0.4, -0.2) is 56.9 Å². The van der Waals surface area contributed by atoms with Gasteiger partial charge in [-0.15, -0.1) is 0 Å². The molecule has 2 aromatic carbocycles. The predicted octanol–water partition coefficient (Wildman–Crippen LogP) is 3.36. The summed E-state index contributed by atoms with van der Waals surface area (Å²) in [6, 6.07) is 8.79. The van der Waals surface area contributed by atoms with Crippen molar-refractivity contribution in [1.29, 1.82) is 0 Å². The number of rotatable bonds is 12. The van der Waals surface area contributed by atoms with E-state index in [9.17, 15) is 14.4 Å².